The van der Waals surface area contributed by atoms with Crippen LogP contribution in [0.1, 0.15) is 6.92 Å². The van der Waals surface area contributed by atoms with Gasteiger partial charge in [0.15, 0.2) is 5.75 Å². The molecule has 0 aliphatic heterocycles. The van der Waals surface area contributed by atoms with Crippen LogP contribution in [-0.4, -0.2) is 23.1 Å². The van der Waals surface area contributed by atoms with Crippen molar-refractivity contribution in [2.24, 2.45) is 0 Å². The Balaban J connectivity index is 2.45. The van der Waals surface area contributed by atoms with Crippen molar-refractivity contribution in [1.29, 1.82) is 0 Å². The van der Waals surface area contributed by atoms with Crippen LogP contribution in [0.4, 0.5) is 0 Å². The second-order valence-corrected chi connectivity index (χ2v) is 5.76. The lowest BCUT2D eigenvalue weighted by atomic mass is 10.2. The van der Waals surface area contributed by atoms with Gasteiger partial charge in [0.1, 0.15) is 5.52 Å². The second kappa shape index (κ2) is 6.78. The summed E-state index contributed by atoms with van der Waals surface area (Å²) in [5.74, 6) is 0.0569. The van der Waals surface area contributed by atoms with Gasteiger partial charge in [-0.3, -0.25) is 9.78 Å². The van der Waals surface area contributed by atoms with E-state index < -0.39 is 12.3 Å². The molecule has 4 nitrogen and oxygen atoms in total. The Bertz CT molecular complexity index is 651. The summed E-state index contributed by atoms with van der Waals surface area (Å²) in [4.78, 5) is 15.3. The quantitative estimate of drug-likeness (QED) is 0.321. The van der Waals surface area contributed by atoms with Gasteiger partial charge in [0.05, 0.1) is 14.5 Å². The second-order valence-electron chi connectivity index (χ2n) is 3.88. The topological polar surface area (TPSA) is 48.4 Å². The maximum Gasteiger partial charge on any atom is 0.305 e. The van der Waals surface area contributed by atoms with E-state index in [9.17, 15) is 4.79 Å². The fourth-order valence-corrected chi connectivity index (χ4v) is 2.93. The van der Waals surface area contributed by atoms with Crippen LogP contribution in [0.3, 0.4) is 0 Å². The van der Waals surface area contributed by atoms with Gasteiger partial charge in [0, 0.05) is 18.5 Å². The van der Waals surface area contributed by atoms with Crippen molar-refractivity contribution in [1.82, 2.24) is 4.98 Å². The molecule has 0 bridgehead atoms. The maximum absolute atomic E-state index is 11.0. The van der Waals surface area contributed by atoms with Crippen LogP contribution < -0.4 is 4.74 Å². The largest absolute Gasteiger partial charge is 0.450 e. The Morgan fingerprint density at radius 1 is 1.55 bits per heavy atom. The number of hydrogen-bond donors (Lipinski definition) is 0. The highest BCUT2D eigenvalue weighted by Crippen LogP contribution is 2.35. The number of carbonyl (C=O) groups is 1. The summed E-state index contributed by atoms with van der Waals surface area (Å²) in [6.07, 6.45) is 0.775. The van der Waals surface area contributed by atoms with Crippen LogP contribution in [-0.2, 0) is 9.53 Å². The number of esters is 1. The van der Waals surface area contributed by atoms with Crippen LogP contribution in [0.15, 0.2) is 24.4 Å². The maximum atomic E-state index is 11.0. The predicted molar refractivity (Wildman–Crippen MR) is 86.4 cm³/mol. The third-order valence-electron chi connectivity index (χ3n) is 2.42. The molecule has 0 aliphatic rings. The number of carbonyl (C=O) groups excluding carboxylic acids is 1. The summed E-state index contributed by atoms with van der Waals surface area (Å²) in [5, 5.41) is 1.35. The molecule has 0 spiro atoms. The number of alkyl halides is 1. The lowest BCUT2D eigenvalue weighted by molar-refractivity contribution is -0.157. The van der Waals surface area contributed by atoms with Gasteiger partial charge in [-0.2, -0.15) is 0 Å². The van der Waals surface area contributed by atoms with Crippen LogP contribution in [0, 0.1) is 3.57 Å². The van der Waals surface area contributed by atoms with Crippen LogP contribution in [0.5, 0.6) is 5.75 Å². The van der Waals surface area contributed by atoms with Crippen molar-refractivity contribution in [3.05, 3.63) is 33.0 Å². The van der Waals surface area contributed by atoms with Gasteiger partial charge in [0.25, 0.3) is 6.29 Å². The molecule has 0 N–H and O–H groups in total. The number of hydrogen-bond acceptors (Lipinski definition) is 4. The van der Waals surface area contributed by atoms with Gasteiger partial charge >= 0.3 is 5.97 Å². The number of nitrogens with zero attached hydrogens (tertiary/aromatic N) is 1. The Morgan fingerprint density at radius 2 is 2.30 bits per heavy atom. The molecule has 2 aromatic rings. The molecule has 0 radical (unpaired) electrons. The van der Waals surface area contributed by atoms with Gasteiger partial charge in [0.2, 0.25) is 0 Å². The van der Waals surface area contributed by atoms with E-state index in [0.29, 0.717) is 16.3 Å². The van der Waals surface area contributed by atoms with Crippen molar-refractivity contribution in [2.75, 3.05) is 5.88 Å². The molecule has 2 rings (SSSR count). The van der Waals surface area contributed by atoms with Crippen LogP contribution in [0.2, 0.25) is 5.02 Å². The number of aromatic nitrogens is 1. The molecule has 1 aromatic carbocycles. The van der Waals surface area contributed by atoms with E-state index in [2.05, 4.69) is 27.6 Å². The van der Waals surface area contributed by atoms with Gasteiger partial charge in [-0.1, -0.05) is 11.6 Å². The number of benzene rings is 1. The number of fused-ring (bicyclic) bond motifs is 1. The molecule has 0 aliphatic carbocycles. The molecule has 1 unspecified atom stereocenters. The summed E-state index contributed by atoms with van der Waals surface area (Å²) in [6, 6.07) is 5.39. The number of rotatable bonds is 4. The number of halogens is 3. The first-order valence-corrected chi connectivity index (χ1v) is 7.64. The third kappa shape index (κ3) is 3.45. The normalized spacial score (nSPS) is 12.2. The highest BCUT2D eigenvalue weighted by Gasteiger charge is 2.18. The SMILES string of the molecule is CC(=O)OC(CCl)Oc1c(I)cc(Cl)c2cccnc12. The van der Waals surface area contributed by atoms with Crippen molar-refractivity contribution in [2.45, 2.75) is 13.2 Å². The molecular weight excluding hydrogens is 416 g/mol. The zero-order valence-corrected chi connectivity index (χ0v) is 14.1. The van der Waals surface area contributed by atoms with Crippen molar-refractivity contribution in [3.8, 4) is 5.75 Å². The van der Waals surface area contributed by atoms with E-state index >= 15 is 0 Å². The minimum atomic E-state index is -0.867. The Hall–Kier alpha value is -0.790. The molecule has 0 saturated heterocycles. The highest BCUT2D eigenvalue weighted by molar-refractivity contribution is 14.1. The molecule has 106 valence electrons. The minimum Gasteiger partial charge on any atom is -0.450 e. The lowest BCUT2D eigenvalue weighted by Gasteiger charge is -2.18. The van der Waals surface area contributed by atoms with Crippen molar-refractivity contribution >= 4 is 62.7 Å². The first kappa shape index (κ1) is 15.6. The summed E-state index contributed by atoms with van der Waals surface area (Å²) in [5.41, 5.74) is 0.603. The van der Waals surface area contributed by atoms with Gasteiger partial charge in [-0.15, -0.1) is 11.6 Å². The first-order chi connectivity index (χ1) is 9.52. The van der Waals surface area contributed by atoms with E-state index in [1.165, 1.54) is 6.92 Å². The summed E-state index contributed by atoms with van der Waals surface area (Å²) in [6.45, 7) is 1.30. The number of pyridine rings is 1. The average Bonchev–Trinajstić information content (AvgIpc) is 2.41. The predicted octanol–water partition coefficient (Wildman–Crippen LogP) is 4.00. The first-order valence-electron chi connectivity index (χ1n) is 5.65. The zero-order chi connectivity index (χ0) is 14.7. The molecule has 7 heteroatoms. The molecule has 1 atom stereocenters. The fourth-order valence-electron chi connectivity index (χ4n) is 1.66. The summed E-state index contributed by atoms with van der Waals surface area (Å²) < 4.78 is 11.4. The molecule has 1 heterocycles. The third-order valence-corrected chi connectivity index (χ3v) is 3.79. The standard InChI is InChI=1S/C13H10Cl2INO3/c1-7(18)19-11(6-14)20-13-10(16)5-9(15)8-3-2-4-17-12(8)13/h2-5,11H,6H2,1H3. The van der Waals surface area contributed by atoms with E-state index in [1.807, 2.05) is 6.07 Å². The zero-order valence-electron chi connectivity index (χ0n) is 10.4. The molecule has 1 aromatic heterocycles. The van der Waals surface area contributed by atoms with Crippen molar-refractivity contribution < 1.29 is 14.3 Å². The van der Waals surface area contributed by atoms with Gasteiger partial charge in [-0.25, -0.2) is 0 Å². The summed E-state index contributed by atoms with van der Waals surface area (Å²) >= 11 is 14.0. The van der Waals surface area contributed by atoms with E-state index in [4.69, 9.17) is 32.7 Å². The molecule has 20 heavy (non-hydrogen) atoms. The number of ether oxygens (including phenoxy) is 2. The Kier molecular flexibility index (Phi) is 5.29. The highest BCUT2D eigenvalue weighted by atomic mass is 127. The van der Waals surface area contributed by atoms with E-state index in [-0.39, 0.29) is 5.88 Å². The molecule has 0 fully saturated rings. The molecule has 0 amide bonds. The molecule has 0 saturated carbocycles. The molecular formula is C13H10Cl2INO3. The minimum absolute atomic E-state index is 0.0204. The van der Waals surface area contributed by atoms with Crippen molar-refractivity contribution in [3.63, 3.8) is 0 Å². The summed E-state index contributed by atoms with van der Waals surface area (Å²) in [7, 11) is 0. The Labute approximate surface area is 139 Å². The smallest absolute Gasteiger partial charge is 0.305 e. The van der Waals surface area contributed by atoms with E-state index in [1.54, 1.807) is 18.3 Å². The monoisotopic (exact) mass is 425 g/mol. The van der Waals surface area contributed by atoms with E-state index in [0.717, 1.165) is 8.96 Å². The fraction of sp³-hybridized carbons (Fsp3) is 0.231. The van der Waals surface area contributed by atoms with Gasteiger partial charge < -0.3 is 9.47 Å². The Morgan fingerprint density at radius 3 is 2.95 bits per heavy atom. The van der Waals surface area contributed by atoms with Crippen LogP contribution >= 0.6 is 45.8 Å². The van der Waals surface area contributed by atoms with Crippen LogP contribution in [0.25, 0.3) is 10.9 Å². The van der Waals surface area contributed by atoms with Gasteiger partial charge in [-0.05, 0) is 40.8 Å². The lowest BCUT2D eigenvalue weighted by Crippen LogP contribution is -2.25. The average molecular weight is 426 g/mol.